The number of rotatable bonds is 16. The van der Waals surface area contributed by atoms with Crippen LogP contribution in [-0.4, -0.2) is 202 Å². The number of carboxylic acids is 1. The maximum Gasteiger partial charge on any atom is 1.00 e. The number of fused-ring (bicyclic) bond motifs is 9. The van der Waals surface area contributed by atoms with Crippen LogP contribution in [0.15, 0.2) is 54.6 Å². The average Bonchev–Trinajstić information content (AvgIpc) is 1.57. The molecule has 6 aliphatic carbocycles. The molecule has 106 heavy (non-hydrogen) atoms. The van der Waals surface area contributed by atoms with E-state index in [2.05, 4.69) is 48.4 Å². The molecule has 8 heterocycles. The van der Waals surface area contributed by atoms with Crippen LogP contribution < -0.4 is 49.6 Å². The smallest absolute Gasteiger partial charge is 0.870 e. The Hall–Kier alpha value is -5.45. The minimum absolute atomic E-state index is 0. The zero-order chi connectivity index (χ0) is 73.3. The summed E-state index contributed by atoms with van der Waals surface area (Å²) in [7, 11) is 0. The zero-order valence-corrected chi connectivity index (χ0v) is 65.8. The van der Waals surface area contributed by atoms with Gasteiger partial charge in [0.25, 0.3) is 5.91 Å². The van der Waals surface area contributed by atoms with Crippen molar-refractivity contribution >= 4 is 69.7 Å². The summed E-state index contributed by atoms with van der Waals surface area (Å²) < 4.78 is 37.4. The molecule has 0 bridgehead atoms. The fourth-order valence-electron chi connectivity index (χ4n) is 17.8. The van der Waals surface area contributed by atoms with Crippen LogP contribution >= 0.6 is 34.8 Å². The van der Waals surface area contributed by atoms with Gasteiger partial charge in [-0.25, -0.2) is 18.4 Å². The van der Waals surface area contributed by atoms with E-state index in [0.717, 1.165) is 161 Å². The number of ether oxygens (including phenoxy) is 1. The normalized spacial score (nSPS) is 26.2. The second-order valence-corrected chi connectivity index (χ2v) is 32.7. The molecule has 6 aromatic rings. The van der Waals surface area contributed by atoms with Crippen molar-refractivity contribution in [2.24, 2.45) is 17.8 Å². The number of alkyl halides is 2. The number of aromatic carboxylic acids is 1. The van der Waals surface area contributed by atoms with Gasteiger partial charge in [0.1, 0.15) is 12.3 Å². The number of anilines is 3. The van der Waals surface area contributed by atoms with Crippen LogP contribution in [-0.2, 0) is 43.6 Å². The molecular formula is C78H101Cl3F2N11NaO11. The number of benzene rings is 3. The summed E-state index contributed by atoms with van der Waals surface area (Å²) in [6.45, 7) is 16.0. The quantitative estimate of drug-likeness (QED) is 0.0361. The first-order valence-corrected chi connectivity index (χ1v) is 38.9. The zero-order valence-electron chi connectivity index (χ0n) is 61.5. The molecule has 17 rings (SSSR count). The van der Waals surface area contributed by atoms with E-state index in [-0.39, 0.29) is 65.6 Å². The molecular weight excluding hydrogens is 1430 g/mol. The van der Waals surface area contributed by atoms with Crippen molar-refractivity contribution in [3.8, 4) is 0 Å². The Morgan fingerprint density at radius 3 is 1.28 bits per heavy atom. The summed E-state index contributed by atoms with van der Waals surface area (Å²) in [6.07, 6.45) is 8.70. The Kier molecular flexibility index (Phi) is 24.8. The minimum Gasteiger partial charge on any atom is -0.870 e. The maximum atomic E-state index is 14.1. The number of hydrogen-bond acceptors (Lipinski definition) is 17. The molecule has 0 radical (unpaired) electrons. The van der Waals surface area contributed by atoms with Gasteiger partial charge < -0.3 is 65.8 Å². The predicted octanol–water partition coefficient (Wildman–Crippen LogP) is 7.70. The third-order valence-corrected chi connectivity index (χ3v) is 26.0. The molecule has 8 fully saturated rings. The van der Waals surface area contributed by atoms with E-state index in [1.807, 2.05) is 78.1 Å². The fraction of sp³-hybridized carbons (Fsp3) is 0.615. The number of amides is 1. The third kappa shape index (κ3) is 16.9. The van der Waals surface area contributed by atoms with Gasteiger partial charge in [0.15, 0.2) is 17.1 Å². The van der Waals surface area contributed by atoms with Crippen molar-refractivity contribution in [1.82, 2.24) is 39.6 Å². The largest absolute Gasteiger partial charge is 1.00 e. The number of halogens is 5. The molecule has 28 heteroatoms. The Morgan fingerprint density at radius 2 is 0.925 bits per heavy atom. The number of nitrogens with zero attached hydrogens (tertiary/aromatic N) is 10. The van der Waals surface area contributed by atoms with E-state index in [4.69, 9.17) is 49.7 Å². The van der Waals surface area contributed by atoms with Crippen LogP contribution in [0.3, 0.4) is 0 Å². The van der Waals surface area contributed by atoms with E-state index in [0.29, 0.717) is 150 Å². The van der Waals surface area contributed by atoms with Gasteiger partial charge in [-0.2, -0.15) is 15.3 Å². The number of carbonyl (C=O) groups is 3. The van der Waals surface area contributed by atoms with Gasteiger partial charge in [-0.3, -0.25) is 18.8 Å². The molecule has 10 atom stereocenters. The number of carboxylic acid groups (broad SMARTS) is 1. The van der Waals surface area contributed by atoms with E-state index < -0.39 is 47.3 Å². The Morgan fingerprint density at radius 1 is 0.557 bits per heavy atom. The number of aliphatic hydroxyl groups excluding tert-OH is 2. The minimum atomic E-state index is -1.41. The Labute approximate surface area is 655 Å². The first-order chi connectivity index (χ1) is 49.8. The van der Waals surface area contributed by atoms with Gasteiger partial charge in [-0.1, -0.05) is 53.0 Å². The van der Waals surface area contributed by atoms with E-state index in [1.54, 1.807) is 0 Å². The first kappa shape index (κ1) is 80.1. The van der Waals surface area contributed by atoms with Gasteiger partial charge in [0.2, 0.25) is 0 Å². The summed E-state index contributed by atoms with van der Waals surface area (Å²) in [5, 5.41) is 80.6. The molecule has 5 saturated heterocycles. The molecule has 0 spiro atoms. The molecule has 8 N–H and O–H groups in total. The van der Waals surface area contributed by atoms with Crippen LogP contribution in [0.2, 0.25) is 15.1 Å². The van der Waals surface area contributed by atoms with Crippen LogP contribution in [0.4, 0.5) is 25.8 Å². The molecule has 3 aromatic carbocycles. The second-order valence-electron chi connectivity index (χ2n) is 31.5. The van der Waals surface area contributed by atoms with Crippen molar-refractivity contribution in [1.29, 1.82) is 0 Å². The number of piperidine rings is 5. The molecule has 11 aliphatic rings. The monoisotopic (exact) mass is 1530 g/mol. The SMILES string of the molecule is CCOC(=O)c1nn(CCC2(O)CCN(c3cccc(Cl)c3C)CC2)c2c1[C@@H]1C[C@@H]1C2.Cc1c(Cl)cccc1N1CCC(O)(CCn2nc(C(=O)N3CC[C@H](O)[C@H](F)C3)c3c2C[C@H]2C[C@@H]32)CC1.Cc1c(Cl)cccc1N1CCC(O)(CCn2nc(C(=O)O)c3c2C[C@H]2C[C@@H]32)CC1.O[C@H]1CCNC[C@H]1F.[Na+].[OH-]. The maximum absolute atomic E-state index is 14.1. The molecule has 1 amide bonds. The van der Waals surface area contributed by atoms with Gasteiger partial charge in [-0.15, -0.1) is 0 Å². The van der Waals surface area contributed by atoms with Crippen molar-refractivity contribution in [3.63, 3.8) is 0 Å². The van der Waals surface area contributed by atoms with Crippen LogP contribution in [0.1, 0.15) is 196 Å². The average molecular weight is 1540 g/mol. The van der Waals surface area contributed by atoms with Crippen LogP contribution in [0.5, 0.6) is 0 Å². The van der Waals surface area contributed by atoms with Crippen molar-refractivity contribution < 1.29 is 93.6 Å². The molecule has 570 valence electrons. The number of aromatic nitrogens is 6. The van der Waals surface area contributed by atoms with Crippen LogP contribution in [0, 0.1) is 38.5 Å². The first-order valence-electron chi connectivity index (χ1n) is 37.8. The van der Waals surface area contributed by atoms with Crippen molar-refractivity contribution in [3.05, 3.63) is 137 Å². The second kappa shape index (κ2) is 32.9. The van der Waals surface area contributed by atoms with E-state index in [1.165, 1.54) is 10.6 Å². The summed E-state index contributed by atoms with van der Waals surface area (Å²) >= 11 is 18.9. The van der Waals surface area contributed by atoms with Gasteiger partial charge in [0.05, 0.1) is 42.2 Å². The molecule has 22 nitrogen and oxygen atoms in total. The molecule has 3 saturated carbocycles. The Balaban J connectivity index is 0.000000141. The number of likely N-dealkylation sites (tertiary alicyclic amines) is 1. The number of carbonyl (C=O) groups excluding carboxylic acids is 2. The topological polar surface area (TPSA) is 290 Å². The van der Waals surface area contributed by atoms with Crippen LogP contribution in [0.25, 0.3) is 0 Å². The third-order valence-electron chi connectivity index (χ3n) is 24.8. The standard InChI is InChI=1S/C27H34ClFN4O3.C24H30ClN3O3.C22H26ClN3O3.C5H10FNO.Na.H2O/c1-16-19(28)3-2-4-21(16)31-10-6-27(36,7-11-31)8-12-33-22-14-17-13-18(17)24(22)25(30-33)26(35)32-9-5-23(34)20(29)15-32;1-3-31-23(29)22-21-17-13-16(17)14-20(21)28(26-22)12-9-24(30)7-10-27(11-8-24)19-6-4-5-18(25)15(19)2;1-13-16(23)3-2-4-17(13)25-8-5-22(29,6-9-25)7-10-26-18-12-14-11-15(14)19(18)20(24-26)21(27)28;6-4-3-7-2-1-5(4)8;;/h2-4,17-18,20,23,34,36H,5-15H2,1H3;4-6,16-17,30H,3,7-14H2,1-2H3;2-4,14-15,29H,5-12H2,1H3,(H,27,28);4-5,7-8H,1-3H2;;1H2/q;;;;+1;/p-1/t17-,18-,20-,23+;16-,17-;14-,15-;4-,5+;;/m1111../s1. The van der Waals surface area contributed by atoms with Gasteiger partial charge in [0, 0.05) is 138 Å². The summed E-state index contributed by atoms with van der Waals surface area (Å²) in [6, 6.07) is 17.9. The Bertz CT molecular complexity index is 4170. The number of nitrogens with one attached hydrogen (secondary N) is 1. The number of aryl methyl sites for hydroxylation is 3. The molecule has 3 aromatic heterocycles. The number of aliphatic hydroxyl groups is 5. The van der Waals surface area contributed by atoms with Crippen molar-refractivity contribution in [2.45, 2.75) is 216 Å². The summed E-state index contributed by atoms with van der Waals surface area (Å²) in [5.41, 5.74) is 12.1. The summed E-state index contributed by atoms with van der Waals surface area (Å²) in [4.78, 5) is 45.7. The summed E-state index contributed by atoms with van der Waals surface area (Å²) in [5.74, 6) is 1.66. The fourth-order valence-corrected chi connectivity index (χ4v) is 18.3. The number of esters is 1. The molecule has 5 aliphatic heterocycles. The van der Waals surface area contributed by atoms with E-state index in [9.17, 15) is 48.7 Å². The molecule has 0 unspecified atom stereocenters. The number of hydrogen-bond donors (Lipinski definition) is 7. The van der Waals surface area contributed by atoms with Gasteiger partial charge >= 0.3 is 41.5 Å². The predicted molar refractivity (Wildman–Crippen MR) is 397 cm³/mol. The van der Waals surface area contributed by atoms with Crippen molar-refractivity contribution in [2.75, 3.05) is 86.8 Å². The van der Waals surface area contributed by atoms with E-state index >= 15 is 0 Å². The van der Waals surface area contributed by atoms with Gasteiger partial charge in [-0.05, 0) is 232 Å².